The van der Waals surface area contributed by atoms with Crippen molar-refractivity contribution >= 4 is 5.91 Å². The molecule has 0 aliphatic heterocycles. The van der Waals surface area contributed by atoms with Gasteiger partial charge in [-0.3, -0.25) is 4.79 Å². The minimum atomic E-state index is -2.85. The van der Waals surface area contributed by atoms with Crippen molar-refractivity contribution in [2.24, 2.45) is 0 Å². The lowest BCUT2D eigenvalue weighted by Gasteiger charge is -2.08. The number of ether oxygens (including phenoxy) is 2. The standard InChI is InChI=1S/C17H17F2NO3/c1-22-15-4-2-3-13(9-15)11-20-16(21)10-12-5-7-14(8-6-12)23-17(18)19/h2-9,17H,10-11H2,1H3,(H,20,21). The molecule has 2 aromatic carbocycles. The summed E-state index contributed by atoms with van der Waals surface area (Å²) >= 11 is 0. The highest BCUT2D eigenvalue weighted by molar-refractivity contribution is 5.78. The molecule has 0 bridgehead atoms. The van der Waals surface area contributed by atoms with Crippen molar-refractivity contribution in [2.45, 2.75) is 19.6 Å². The maximum absolute atomic E-state index is 12.1. The molecule has 6 heteroatoms. The predicted octanol–water partition coefficient (Wildman–Crippen LogP) is 3.16. The normalized spacial score (nSPS) is 10.4. The van der Waals surface area contributed by atoms with Crippen LogP contribution in [0.3, 0.4) is 0 Å². The molecular formula is C17H17F2NO3. The summed E-state index contributed by atoms with van der Waals surface area (Å²) < 4.78 is 33.5. The monoisotopic (exact) mass is 321 g/mol. The Labute approximate surface area is 133 Å². The second-order valence-electron chi connectivity index (χ2n) is 4.83. The van der Waals surface area contributed by atoms with Gasteiger partial charge in [0, 0.05) is 6.54 Å². The Morgan fingerprint density at radius 2 is 1.83 bits per heavy atom. The predicted molar refractivity (Wildman–Crippen MR) is 81.6 cm³/mol. The molecule has 0 heterocycles. The van der Waals surface area contributed by atoms with Gasteiger partial charge >= 0.3 is 6.61 Å². The molecular weight excluding hydrogens is 304 g/mol. The second-order valence-corrected chi connectivity index (χ2v) is 4.83. The van der Waals surface area contributed by atoms with Gasteiger partial charge in [0.05, 0.1) is 13.5 Å². The summed E-state index contributed by atoms with van der Waals surface area (Å²) in [5.41, 5.74) is 1.65. The van der Waals surface area contributed by atoms with Gasteiger partial charge < -0.3 is 14.8 Å². The van der Waals surface area contributed by atoms with Gasteiger partial charge in [0.1, 0.15) is 11.5 Å². The van der Waals surface area contributed by atoms with Gasteiger partial charge in [0.15, 0.2) is 0 Å². The summed E-state index contributed by atoms with van der Waals surface area (Å²) in [6.07, 6.45) is 0.166. The lowest BCUT2D eigenvalue weighted by molar-refractivity contribution is -0.120. The van der Waals surface area contributed by atoms with Gasteiger partial charge in [0.25, 0.3) is 0 Å². The minimum Gasteiger partial charge on any atom is -0.497 e. The van der Waals surface area contributed by atoms with E-state index >= 15 is 0 Å². The SMILES string of the molecule is COc1cccc(CNC(=O)Cc2ccc(OC(F)F)cc2)c1. The third-order valence-corrected chi connectivity index (χ3v) is 3.14. The maximum Gasteiger partial charge on any atom is 0.387 e. The Morgan fingerprint density at radius 3 is 2.48 bits per heavy atom. The molecule has 1 N–H and O–H groups in total. The Hall–Kier alpha value is -2.63. The number of rotatable bonds is 7. The number of benzene rings is 2. The molecule has 0 saturated heterocycles. The van der Waals surface area contributed by atoms with Crippen LogP contribution in [-0.2, 0) is 17.8 Å². The van der Waals surface area contributed by atoms with Crippen LogP contribution in [0, 0.1) is 0 Å². The summed E-state index contributed by atoms with van der Waals surface area (Å²) in [7, 11) is 1.58. The van der Waals surface area contributed by atoms with Crippen LogP contribution in [0.2, 0.25) is 0 Å². The lowest BCUT2D eigenvalue weighted by atomic mass is 10.1. The minimum absolute atomic E-state index is 0.0699. The van der Waals surface area contributed by atoms with Crippen LogP contribution in [0.25, 0.3) is 0 Å². The van der Waals surface area contributed by atoms with E-state index in [-0.39, 0.29) is 18.1 Å². The zero-order valence-electron chi connectivity index (χ0n) is 12.6. The van der Waals surface area contributed by atoms with E-state index in [1.165, 1.54) is 12.1 Å². The van der Waals surface area contributed by atoms with Crippen LogP contribution >= 0.6 is 0 Å². The molecule has 0 radical (unpaired) electrons. The Balaban J connectivity index is 1.84. The van der Waals surface area contributed by atoms with E-state index in [9.17, 15) is 13.6 Å². The molecule has 0 spiro atoms. The zero-order valence-corrected chi connectivity index (χ0v) is 12.6. The van der Waals surface area contributed by atoms with Gasteiger partial charge in [-0.2, -0.15) is 8.78 Å². The molecule has 1 amide bonds. The first-order valence-corrected chi connectivity index (χ1v) is 7.00. The zero-order chi connectivity index (χ0) is 16.7. The Morgan fingerprint density at radius 1 is 1.09 bits per heavy atom. The fourth-order valence-corrected chi connectivity index (χ4v) is 2.02. The fraction of sp³-hybridized carbons (Fsp3) is 0.235. The first kappa shape index (κ1) is 16.7. The number of carbonyl (C=O) groups is 1. The van der Waals surface area contributed by atoms with Gasteiger partial charge in [-0.1, -0.05) is 24.3 Å². The Kier molecular flexibility index (Phi) is 5.91. The first-order valence-electron chi connectivity index (χ1n) is 7.00. The van der Waals surface area contributed by atoms with E-state index < -0.39 is 6.61 Å². The van der Waals surface area contributed by atoms with Gasteiger partial charge in [-0.15, -0.1) is 0 Å². The highest BCUT2D eigenvalue weighted by Crippen LogP contribution is 2.15. The van der Waals surface area contributed by atoms with E-state index in [2.05, 4.69) is 10.1 Å². The van der Waals surface area contributed by atoms with Gasteiger partial charge in [0.2, 0.25) is 5.91 Å². The van der Waals surface area contributed by atoms with Crippen molar-refractivity contribution in [3.05, 3.63) is 59.7 Å². The number of halogens is 2. The molecule has 0 aliphatic rings. The summed E-state index contributed by atoms with van der Waals surface area (Å²) in [6.45, 7) is -2.46. The Bertz CT molecular complexity index is 645. The topological polar surface area (TPSA) is 47.6 Å². The van der Waals surface area contributed by atoms with Crippen molar-refractivity contribution < 1.29 is 23.0 Å². The summed E-state index contributed by atoms with van der Waals surface area (Å²) in [4.78, 5) is 11.9. The molecule has 0 aliphatic carbocycles. The highest BCUT2D eigenvalue weighted by atomic mass is 19.3. The number of hydrogen-bond acceptors (Lipinski definition) is 3. The van der Waals surface area contributed by atoms with Crippen molar-refractivity contribution in [3.8, 4) is 11.5 Å². The molecule has 0 fully saturated rings. The number of methoxy groups -OCH3 is 1. The molecule has 0 unspecified atom stereocenters. The number of carbonyl (C=O) groups excluding carboxylic acids is 1. The summed E-state index contributed by atoms with van der Waals surface area (Å²) in [5.74, 6) is 0.641. The molecule has 0 atom stereocenters. The van der Waals surface area contributed by atoms with Crippen LogP contribution in [0.4, 0.5) is 8.78 Å². The smallest absolute Gasteiger partial charge is 0.387 e. The third-order valence-electron chi connectivity index (χ3n) is 3.14. The van der Waals surface area contributed by atoms with Gasteiger partial charge in [-0.05, 0) is 35.4 Å². The third kappa shape index (κ3) is 5.58. The average Bonchev–Trinajstić information content (AvgIpc) is 2.54. The van der Waals surface area contributed by atoms with E-state index in [0.717, 1.165) is 16.9 Å². The van der Waals surface area contributed by atoms with E-state index in [4.69, 9.17) is 4.74 Å². The quantitative estimate of drug-likeness (QED) is 0.852. The van der Waals surface area contributed by atoms with Crippen LogP contribution in [0.5, 0.6) is 11.5 Å². The van der Waals surface area contributed by atoms with E-state index in [1.807, 2.05) is 24.3 Å². The second kappa shape index (κ2) is 8.12. The van der Waals surface area contributed by atoms with Crippen LogP contribution in [0.15, 0.2) is 48.5 Å². The van der Waals surface area contributed by atoms with Crippen molar-refractivity contribution in [1.29, 1.82) is 0 Å². The molecule has 23 heavy (non-hydrogen) atoms. The number of alkyl halides is 2. The number of amides is 1. The van der Waals surface area contributed by atoms with E-state index in [0.29, 0.717) is 6.54 Å². The highest BCUT2D eigenvalue weighted by Gasteiger charge is 2.06. The number of hydrogen-bond donors (Lipinski definition) is 1. The largest absolute Gasteiger partial charge is 0.497 e. The molecule has 0 saturated carbocycles. The van der Waals surface area contributed by atoms with Gasteiger partial charge in [-0.25, -0.2) is 0 Å². The molecule has 2 rings (SSSR count). The van der Waals surface area contributed by atoms with Crippen molar-refractivity contribution in [1.82, 2.24) is 5.32 Å². The average molecular weight is 321 g/mol. The first-order chi connectivity index (χ1) is 11.1. The van der Waals surface area contributed by atoms with E-state index in [1.54, 1.807) is 19.2 Å². The van der Waals surface area contributed by atoms with Crippen LogP contribution in [0.1, 0.15) is 11.1 Å². The lowest BCUT2D eigenvalue weighted by Crippen LogP contribution is -2.24. The molecule has 2 aromatic rings. The summed E-state index contributed by atoms with van der Waals surface area (Å²) in [6, 6.07) is 13.4. The maximum atomic E-state index is 12.1. The summed E-state index contributed by atoms with van der Waals surface area (Å²) in [5, 5.41) is 2.80. The molecule has 4 nitrogen and oxygen atoms in total. The van der Waals surface area contributed by atoms with Crippen LogP contribution in [-0.4, -0.2) is 19.6 Å². The van der Waals surface area contributed by atoms with Crippen LogP contribution < -0.4 is 14.8 Å². The molecule has 0 aromatic heterocycles. The van der Waals surface area contributed by atoms with Crippen molar-refractivity contribution in [3.63, 3.8) is 0 Å². The fourth-order valence-electron chi connectivity index (χ4n) is 2.02. The van der Waals surface area contributed by atoms with Crippen molar-refractivity contribution in [2.75, 3.05) is 7.11 Å². The molecule has 122 valence electrons. The number of nitrogens with one attached hydrogen (secondary N) is 1.